The molecule has 0 atom stereocenters. The fraction of sp³-hybridized carbons (Fsp3) is 0.878. The monoisotopic (exact) mass is 1240 g/mol. The molecule has 0 spiro atoms. The van der Waals surface area contributed by atoms with Crippen molar-refractivity contribution in [2.45, 2.75) is 417 Å². The van der Waals surface area contributed by atoms with Gasteiger partial charge in [0, 0.05) is 0 Å². The Kier molecular flexibility index (Phi) is 66.2. The second-order valence-electron chi connectivity index (χ2n) is 24.9. The summed E-state index contributed by atoms with van der Waals surface area (Å²) in [6.07, 6.45) is 85.0. The molecule has 0 saturated heterocycles. The van der Waals surface area contributed by atoms with Gasteiger partial charge in [0.25, 0.3) is 0 Å². The molecule has 7 heteroatoms. The Hall–Kier alpha value is -1.57. The molecule has 0 aliphatic carbocycles. The van der Waals surface area contributed by atoms with E-state index < -0.39 is 19.6 Å². The molecule has 0 amide bonds. The molecule has 0 aliphatic rings. The Balaban J connectivity index is 5.03. The predicted molar refractivity (Wildman–Crippen MR) is 356 cm³/mol. The standard InChI is InChI=1S/3C22H42O2.C8H17.Sn/c3*1-2-3-4-5-6-7-8-9-10-11-12-13-14-15-16-17-18-19-20-21-22(23)24;1-3-5-7-8-6-4-2;/h3*9-10H,2-8,11-21H2,1H3,(H,23,24);1,3-8H2,2H3;/q;;;;+3/p-3/b3*10-9-;;. The summed E-state index contributed by atoms with van der Waals surface area (Å²) in [7, 11) is 0. The zero-order chi connectivity index (χ0) is 58.7. The zero-order valence-corrected chi connectivity index (χ0v) is 57.9. The second kappa shape index (κ2) is 67.6. The molecule has 0 aliphatic heterocycles. The maximum atomic E-state index is 13.7. The van der Waals surface area contributed by atoms with E-state index >= 15 is 0 Å². The summed E-state index contributed by atoms with van der Waals surface area (Å²) in [6, 6.07) is 0. The molecule has 6 nitrogen and oxygen atoms in total. The fourth-order valence-corrected chi connectivity index (χ4v) is 18.2. The van der Waals surface area contributed by atoms with Crippen molar-refractivity contribution in [3.8, 4) is 0 Å². The third-order valence-corrected chi connectivity index (χ3v) is 23.9. The van der Waals surface area contributed by atoms with Crippen LogP contribution in [0.25, 0.3) is 0 Å². The van der Waals surface area contributed by atoms with Crippen molar-refractivity contribution < 1.29 is 23.6 Å². The van der Waals surface area contributed by atoms with Crippen LogP contribution in [0.1, 0.15) is 413 Å². The summed E-state index contributed by atoms with van der Waals surface area (Å²) in [5.74, 6) is -1.05. The van der Waals surface area contributed by atoms with E-state index in [9.17, 15) is 14.4 Å². The minimum Gasteiger partial charge on any atom is -0.0885 e. The number of carbonyl (C=O) groups is 3. The SMILES string of the molecule is CCCCCCCC/C=C\CCCCCCCCCCCC(=O)[O][Sn]([CH2]CCCCCCC)([O]C(=O)CCCCCCCCCCC/C=C\CCCCCCCC)[O]C(=O)CCCCCCCCCCC/C=C\CCCCCCCC. The van der Waals surface area contributed by atoms with E-state index in [4.69, 9.17) is 9.22 Å². The molecule has 0 rings (SSSR count). The fourth-order valence-electron chi connectivity index (χ4n) is 11.2. The number of hydrogen-bond acceptors (Lipinski definition) is 6. The van der Waals surface area contributed by atoms with Gasteiger partial charge in [-0.05, 0) is 57.8 Å². The van der Waals surface area contributed by atoms with Crippen molar-refractivity contribution >= 4 is 37.5 Å². The topological polar surface area (TPSA) is 78.9 Å². The first-order chi connectivity index (χ1) is 39.9. The van der Waals surface area contributed by atoms with Crippen LogP contribution in [-0.2, 0) is 23.6 Å². The van der Waals surface area contributed by atoms with Crippen LogP contribution in [-0.4, -0.2) is 37.5 Å². The van der Waals surface area contributed by atoms with Crippen molar-refractivity contribution in [3.63, 3.8) is 0 Å². The van der Waals surface area contributed by atoms with Gasteiger partial charge in [-0.15, -0.1) is 0 Å². The average Bonchev–Trinajstić information content (AvgIpc) is 3.45. The summed E-state index contributed by atoms with van der Waals surface area (Å²) in [5, 5.41) is 0. The molecule has 0 unspecified atom stereocenters. The van der Waals surface area contributed by atoms with Gasteiger partial charge >= 0.3 is 304 Å². The van der Waals surface area contributed by atoms with Gasteiger partial charge in [0.05, 0.1) is 0 Å². The van der Waals surface area contributed by atoms with E-state index in [1.807, 2.05) is 0 Å². The number of rotatable bonds is 67. The smallest absolute Gasteiger partial charge is 0.0885 e. The molecule has 0 N–H and O–H groups in total. The molecule has 0 aromatic heterocycles. The van der Waals surface area contributed by atoms with Crippen LogP contribution in [0.5, 0.6) is 0 Å². The molecule has 0 bridgehead atoms. The number of carbonyl (C=O) groups excluding carboxylic acids is 3. The van der Waals surface area contributed by atoms with Crippen molar-refractivity contribution in [1.82, 2.24) is 0 Å². The van der Waals surface area contributed by atoms with Gasteiger partial charge in [0.15, 0.2) is 0 Å². The summed E-state index contributed by atoms with van der Waals surface area (Å²) >= 11 is -4.97. The van der Waals surface area contributed by atoms with Crippen molar-refractivity contribution in [2.24, 2.45) is 0 Å². The number of unbranched alkanes of at least 4 members (excludes halogenated alkanes) is 50. The summed E-state index contributed by atoms with van der Waals surface area (Å²) in [5.41, 5.74) is 0. The summed E-state index contributed by atoms with van der Waals surface area (Å²) in [6.45, 7) is 9.06. The molecule has 0 radical (unpaired) electrons. The Morgan fingerprint density at radius 2 is 0.383 bits per heavy atom. The zero-order valence-electron chi connectivity index (χ0n) is 55.0. The quantitative estimate of drug-likeness (QED) is 0.0343. The van der Waals surface area contributed by atoms with Crippen LogP contribution < -0.4 is 0 Å². The summed E-state index contributed by atoms with van der Waals surface area (Å²) < 4.78 is 19.3. The molecule has 0 fully saturated rings. The number of allylic oxidation sites excluding steroid dienone is 6. The van der Waals surface area contributed by atoms with E-state index in [2.05, 4.69) is 64.2 Å². The molecule has 0 saturated carbocycles. The van der Waals surface area contributed by atoms with Gasteiger partial charge in [-0.3, -0.25) is 0 Å². The first-order valence-electron chi connectivity index (χ1n) is 36.5. The summed E-state index contributed by atoms with van der Waals surface area (Å²) in [4.78, 5) is 41.1. The second-order valence-corrected chi connectivity index (χ2v) is 31.9. The normalized spacial score (nSPS) is 12.0. The molecule has 0 heterocycles. The van der Waals surface area contributed by atoms with Gasteiger partial charge < -0.3 is 0 Å². The van der Waals surface area contributed by atoms with Gasteiger partial charge in [-0.1, -0.05) is 154 Å². The molecule has 0 aromatic rings. The van der Waals surface area contributed by atoms with Crippen LogP contribution in [0, 0.1) is 0 Å². The van der Waals surface area contributed by atoms with Gasteiger partial charge in [-0.25, -0.2) is 0 Å². The third-order valence-electron chi connectivity index (χ3n) is 16.6. The maximum absolute atomic E-state index is 13.7. The first-order valence-corrected chi connectivity index (χ1v) is 42.0. The van der Waals surface area contributed by atoms with Gasteiger partial charge in [0.1, 0.15) is 0 Å². The minimum absolute atomic E-state index is 0.281. The van der Waals surface area contributed by atoms with Gasteiger partial charge in [-0.2, -0.15) is 0 Å². The Bertz CT molecular complexity index is 1240. The third kappa shape index (κ3) is 62.8. The van der Waals surface area contributed by atoms with Crippen LogP contribution in [0.3, 0.4) is 0 Å². The van der Waals surface area contributed by atoms with Gasteiger partial charge in [0.2, 0.25) is 0 Å². The molecular formula is C74H140O6Sn. The predicted octanol–water partition coefficient (Wildman–Crippen LogP) is 25.7. The minimum atomic E-state index is -4.97. The molecular weight excluding hydrogens is 1100 g/mol. The van der Waals surface area contributed by atoms with E-state index in [0.29, 0.717) is 4.44 Å². The van der Waals surface area contributed by atoms with Crippen LogP contribution >= 0.6 is 0 Å². The van der Waals surface area contributed by atoms with Crippen molar-refractivity contribution in [3.05, 3.63) is 36.5 Å². The Labute approximate surface area is 511 Å². The van der Waals surface area contributed by atoms with Crippen LogP contribution in [0.2, 0.25) is 4.44 Å². The average molecular weight is 1240 g/mol. The first kappa shape index (κ1) is 79.4. The Morgan fingerprint density at radius 3 is 0.580 bits per heavy atom. The molecule has 476 valence electrons. The van der Waals surface area contributed by atoms with E-state index in [-0.39, 0.29) is 37.2 Å². The van der Waals surface area contributed by atoms with Crippen molar-refractivity contribution in [1.29, 1.82) is 0 Å². The van der Waals surface area contributed by atoms with E-state index in [0.717, 1.165) is 83.5 Å². The Morgan fingerprint density at radius 1 is 0.222 bits per heavy atom. The molecule has 81 heavy (non-hydrogen) atoms. The molecule has 0 aromatic carbocycles. The van der Waals surface area contributed by atoms with Crippen molar-refractivity contribution in [2.75, 3.05) is 0 Å². The van der Waals surface area contributed by atoms with E-state index in [1.54, 1.807) is 0 Å². The number of hydrogen-bond donors (Lipinski definition) is 0. The van der Waals surface area contributed by atoms with Crippen LogP contribution in [0.15, 0.2) is 36.5 Å². The van der Waals surface area contributed by atoms with Crippen LogP contribution in [0.4, 0.5) is 0 Å². The van der Waals surface area contributed by atoms with E-state index in [1.165, 1.54) is 283 Å².